The molecule has 1 unspecified atom stereocenters. The summed E-state index contributed by atoms with van der Waals surface area (Å²) in [5.41, 5.74) is 3.09. The van der Waals surface area contributed by atoms with Gasteiger partial charge in [-0.2, -0.15) is 0 Å². The number of nitrogens with zero attached hydrogens (tertiary/aromatic N) is 1. The maximum absolute atomic E-state index is 3.57. The molecular formula is C15H22BrN. The smallest absolute Gasteiger partial charge is 0.0178 e. The average molecular weight is 296 g/mol. The van der Waals surface area contributed by atoms with Gasteiger partial charge in [0.15, 0.2) is 0 Å². The van der Waals surface area contributed by atoms with E-state index in [1.165, 1.54) is 43.2 Å². The first-order valence-electron chi connectivity index (χ1n) is 6.76. The monoisotopic (exact) mass is 295 g/mol. The molecule has 0 aliphatic heterocycles. The molecule has 0 fully saturated rings. The largest absolute Gasteiger partial charge is 0.300 e. The first-order chi connectivity index (χ1) is 8.24. The van der Waals surface area contributed by atoms with Crippen LogP contribution in [-0.2, 0) is 12.8 Å². The zero-order chi connectivity index (χ0) is 12.3. The highest BCUT2D eigenvalue weighted by Crippen LogP contribution is 2.28. The van der Waals surface area contributed by atoms with Crippen molar-refractivity contribution in [2.24, 2.45) is 0 Å². The van der Waals surface area contributed by atoms with Crippen LogP contribution in [0.3, 0.4) is 0 Å². The van der Waals surface area contributed by atoms with Gasteiger partial charge in [-0.25, -0.2) is 0 Å². The van der Waals surface area contributed by atoms with Gasteiger partial charge in [-0.05, 0) is 62.0 Å². The highest BCUT2D eigenvalue weighted by atomic mass is 79.9. The number of benzene rings is 1. The summed E-state index contributed by atoms with van der Waals surface area (Å²) in [4.78, 5) is 2.67. The Balaban J connectivity index is 2.07. The molecule has 1 nitrogen and oxygen atoms in total. The molecule has 0 spiro atoms. The summed E-state index contributed by atoms with van der Waals surface area (Å²) in [5, 5.41) is 0. The van der Waals surface area contributed by atoms with Crippen LogP contribution in [0.5, 0.6) is 0 Å². The summed E-state index contributed by atoms with van der Waals surface area (Å²) in [6, 6.07) is 7.49. The second-order valence-corrected chi connectivity index (χ2v) is 5.93. The van der Waals surface area contributed by atoms with Crippen LogP contribution in [0.2, 0.25) is 0 Å². The van der Waals surface area contributed by atoms with Crippen LogP contribution in [0, 0.1) is 0 Å². The van der Waals surface area contributed by atoms with E-state index in [4.69, 9.17) is 0 Å². The molecule has 1 aliphatic rings. The van der Waals surface area contributed by atoms with Crippen LogP contribution < -0.4 is 0 Å². The van der Waals surface area contributed by atoms with Crippen molar-refractivity contribution >= 4 is 15.9 Å². The van der Waals surface area contributed by atoms with Crippen molar-refractivity contribution in [2.75, 3.05) is 13.1 Å². The summed E-state index contributed by atoms with van der Waals surface area (Å²) >= 11 is 3.57. The van der Waals surface area contributed by atoms with Gasteiger partial charge >= 0.3 is 0 Å². The molecule has 0 saturated heterocycles. The van der Waals surface area contributed by atoms with E-state index in [1.807, 2.05) is 0 Å². The highest BCUT2D eigenvalue weighted by molar-refractivity contribution is 9.10. The third kappa shape index (κ3) is 3.11. The van der Waals surface area contributed by atoms with Gasteiger partial charge in [-0.1, -0.05) is 35.8 Å². The Labute approximate surface area is 113 Å². The van der Waals surface area contributed by atoms with E-state index < -0.39 is 0 Å². The number of fused-ring (bicyclic) bond motifs is 1. The summed E-state index contributed by atoms with van der Waals surface area (Å²) in [5.74, 6) is 0. The fraction of sp³-hybridized carbons (Fsp3) is 0.600. The third-order valence-electron chi connectivity index (χ3n) is 3.62. The SMILES string of the molecule is CCCN(CCC)C1Cc2ccc(Br)cc2C1. The van der Waals surface area contributed by atoms with Gasteiger partial charge in [0.2, 0.25) is 0 Å². The van der Waals surface area contributed by atoms with Crippen LogP contribution in [0.4, 0.5) is 0 Å². The van der Waals surface area contributed by atoms with Crippen LogP contribution in [0.1, 0.15) is 37.8 Å². The van der Waals surface area contributed by atoms with E-state index in [2.05, 4.69) is 52.9 Å². The Hall–Kier alpha value is -0.340. The van der Waals surface area contributed by atoms with Crippen molar-refractivity contribution in [1.82, 2.24) is 4.90 Å². The molecule has 17 heavy (non-hydrogen) atoms. The van der Waals surface area contributed by atoms with E-state index in [0.29, 0.717) is 0 Å². The Morgan fingerprint density at radius 3 is 2.41 bits per heavy atom. The van der Waals surface area contributed by atoms with Crippen molar-refractivity contribution in [3.05, 3.63) is 33.8 Å². The van der Waals surface area contributed by atoms with Gasteiger partial charge in [-0.15, -0.1) is 0 Å². The highest BCUT2D eigenvalue weighted by Gasteiger charge is 2.25. The summed E-state index contributed by atoms with van der Waals surface area (Å²) in [7, 11) is 0. The molecule has 1 aliphatic carbocycles. The molecule has 0 N–H and O–H groups in total. The fourth-order valence-corrected chi connectivity index (χ4v) is 3.28. The van der Waals surface area contributed by atoms with Crippen molar-refractivity contribution < 1.29 is 0 Å². The minimum Gasteiger partial charge on any atom is -0.300 e. The Morgan fingerprint density at radius 1 is 1.12 bits per heavy atom. The van der Waals surface area contributed by atoms with Crippen LogP contribution in [0.25, 0.3) is 0 Å². The van der Waals surface area contributed by atoms with Gasteiger partial charge in [0, 0.05) is 10.5 Å². The summed E-state index contributed by atoms with van der Waals surface area (Å²) < 4.78 is 1.22. The van der Waals surface area contributed by atoms with Crippen molar-refractivity contribution in [3.63, 3.8) is 0 Å². The molecule has 1 aromatic rings. The lowest BCUT2D eigenvalue weighted by atomic mass is 10.1. The molecule has 0 heterocycles. The zero-order valence-electron chi connectivity index (χ0n) is 10.9. The van der Waals surface area contributed by atoms with Gasteiger partial charge in [0.25, 0.3) is 0 Å². The lowest BCUT2D eigenvalue weighted by molar-refractivity contribution is 0.202. The third-order valence-corrected chi connectivity index (χ3v) is 4.11. The molecule has 2 rings (SSSR count). The molecule has 0 saturated carbocycles. The standard InChI is InChI=1S/C15H22BrN/c1-3-7-17(8-4-2)15-10-12-5-6-14(16)9-13(12)11-15/h5-6,9,15H,3-4,7-8,10-11H2,1-2H3. The minimum atomic E-state index is 0.735. The molecular weight excluding hydrogens is 274 g/mol. The Morgan fingerprint density at radius 2 is 1.76 bits per heavy atom. The van der Waals surface area contributed by atoms with E-state index in [0.717, 1.165) is 6.04 Å². The van der Waals surface area contributed by atoms with Gasteiger partial charge < -0.3 is 0 Å². The quantitative estimate of drug-likeness (QED) is 0.792. The molecule has 1 aromatic carbocycles. The zero-order valence-corrected chi connectivity index (χ0v) is 12.5. The number of hydrogen-bond acceptors (Lipinski definition) is 1. The lowest BCUT2D eigenvalue weighted by Gasteiger charge is -2.27. The molecule has 1 atom stereocenters. The van der Waals surface area contributed by atoms with E-state index in [-0.39, 0.29) is 0 Å². The maximum Gasteiger partial charge on any atom is 0.0178 e. The predicted molar refractivity (Wildman–Crippen MR) is 77.5 cm³/mol. The molecule has 0 radical (unpaired) electrons. The van der Waals surface area contributed by atoms with Gasteiger partial charge in [-0.3, -0.25) is 4.90 Å². The average Bonchev–Trinajstić information content (AvgIpc) is 2.71. The second-order valence-electron chi connectivity index (χ2n) is 5.01. The molecule has 94 valence electrons. The summed E-state index contributed by atoms with van der Waals surface area (Å²) in [6.45, 7) is 7.05. The second kappa shape index (κ2) is 6.01. The van der Waals surface area contributed by atoms with E-state index in [9.17, 15) is 0 Å². The normalized spacial score (nSPS) is 18.7. The van der Waals surface area contributed by atoms with Gasteiger partial charge in [0.1, 0.15) is 0 Å². The van der Waals surface area contributed by atoms with E-state index >= 15 is 0 Å². The van der Waals surface area contributed by atoms with Gasteiger partial charge in [0.05, 0.1) is 0 Å². The molecule has 0 amide bonds. The Kier molecular flexibility index (Phi) is 4.63. The molecule has 0 bridgehead atoms. The molecule has 2 heteroatoms. The van der Waals surface area contributed by atoms with Crippen molar-refractivity contribution in [1.29, 1.82) is 0 Å². The topological polar surface area (TPSA) is 3.24 Å². The minimum absolute atomic E-state index is 0.735. The number of halogens is 1. The fourth-order valence-electron chi connectivity index (χ4n) is 2.87. The van der Waals surface area contributed by atoms with Crippen molar-refractivity contribution in [2.45, 2.75) is 45.6 Å². The van der Waals surface area contributed by atoms with Crippen LogP contribution in [0.15, 0.2) is 22.7 Å². The first-order valence-corrected chi connectivity index (χ1v) is 7.55. The Bertz CT molecular complexity index is 369. The number of hydrogen-bond donors (Lipinski definition) is 0. The van der Waals surface area contributed by atoms with Crippen LogP contribution in [-0.4, -0.2) is 24.0 Å². The predicted octanol–water partition coefficient (Wildman–Crippen LogP) is 4.04. The van der Waals surface area contributed by atoms with Crippen molar-refractivity contribution in [3.8, 4) is 0 Å². The van der Waals surface area contributed by atoms with E-state index in [1.54, 1.807) is 11.1 Å². The molecule has 0 aromatic heterocycles. The van der Waals surface area contributed by atoms with Crippen LogP contribution >= 0.6 is 15.9 Å². The summed E-state index contributed by atoms with van der Waals surface area (Å²) in [6.07, 6.45) is 4.99. The first kappa shape index (κ1) is 13.1. The number of rotatable bonds is 5. The maximum atomic E-state index is 3.57. The lowest BCUT2D eigenvalue weighted by Crippen LogP contribution is -2.37.